The lowest BCUT2D eigenvalue weighted by molar-refractivity contribution is -0.111. The molecule has 3 N–H and O–H groups in total. The zero-order valence-corrected chi connectivity index (χ0v) is 10.5. The molecule has 0 saturated heterocycles. The van der Waals surface area contributed by atoms with Crippen molar-refractivity contribution in [3.63, 3.8) is 0 Å². The van der Waals surface area contributed by atoms with Crippen LogP contribution in [0.3, 0.4) is 0 Å². The standard InChI is InChI=1S/C13H17N3O2/c1-16(2)9-5-8-12(17)15-11-7-4-3-6-10(11)13(14)18/h3-8H,9H2,1-2H3,(H2,14,18)(H,15,17)/b8-5+. The number of nitrogens with two attached hydrogens (primary N) is 1. The third kappa shape index (κ3) is 4.39. The van der Waals surface area contributed by atoms with E-state index >= 15 is 0 Å². The third-order valence-corrected chi connectivity index (χ3v) is 2.19. The van der Waals surface area contributed by atoms with Crippen LogP contribution in [0.4, 0.5) is 5.69 Å². The van der Waals surface area contributed by atoms with Crippen LogP contribution in [0, 0.1) is 0 Å². The number of hydrogen-bond acceptors (Lipinski definition) is 3. The number of nitrogens with one attached hydrogen (secondary N) is 1. The summed E-state index contributed by atoms with van der Waals surface area (Å²) in [7, 11) is 3.81. The number of likely N-dealkylation sites (N-methyl/N-ethyl adjacent to an activating group) is 1. The van der Waals surface area contributed by atoms with Crippen LogP contribution in [0.15, 0.2) is 36.4 Å². The number of carbonyl (C=O) groups excluding carboxylic acids is 2. The summed E-state index contributed by atoms with van der Waals surface area (Å²) < 4.78 is 0. The Hall–Kier alpha value is -2.14. The van der Waals surface area contributed by atoms with Gasteiger partial charge < -0.3 is 16.0 Å². The second-order valence-corrected chi connectivity index (χ2v) is 4.06. The van der Waals surface area contributed by atoms with Gasteiger partial charge in [0.25, 0.3) is 5.91 Å². The fourth-order valence-corrected chi connectivity index (χ4v) is 1.35. The quantitative estimate of drug-likeness (QED) is 0.757. The molecule has 1 aromatic carbocycles. The average molecular weight is 247 g/mol. The molecule has 0 spiro atoms. The van der Waals surface area contributed by atoms with E-state index in [1.165, 1.54) is 6.08 Å². The van der Waals surface area contributed by atoms with Crippen LogP contribution in [0.25, 0.3) is 0 Å². The van der Waals surface area contributed by atoms with Gasteiger partial charge in [-0.15, -0.1) is 0 Å². The average Bonchev–Trinajstić information content (AvgIpc) is 2.28. The molecule has 96 valence electrons. The Morgan fingerprint density at radius 1 is 1.33 bits per heavy atom. The number of amides is 2. The summed E-state index contributed by atoms with van der Waals surface area (Å²) in [6, 6.07) is 6.63. The van der Waals surface area contributed by atoms with E-state index in [1.807, 2.05) is 19.0 Å². The molecule has 0 fully saturated rings. The summed E-state index contributed by atoms with van der Waals surface area (Å²) in [6.45, 7) is 0.672. The molecule has 18 heavy (non-hydrogen) atoms. The minimum atomic E-state index is -0.567. The van der Waals surface area contributed by atoms with Crippen LogP contribution in [0.1, 0.15) is 10.4 Å². The fourth-order valence-electron chi connectivity index (χ4n) is 1.35. The molecule has 0 bridgehead atoms. The summed E-state index contributed by atoms with van der Waals surface area (Å²) in [6.07, 6.45) is 3.17. The van der Waals surface area contributed by atoms with E-state index in [1.54, 1.807) is 30.3 Å². The van der Waals surface area contributed by atoms with Gasteiger partial charge in [0.15, 0.2) is 0 Å². The maximum atomic E-state index is 11.6. The summed E-state index contributed by atoms with van der Waals surface area (Å²) >= 11 is 0. The molecule has 5 heteroatoms. The SMILES string of the molecule is CN(C)C/C=C/C(=O)Nc1ccccc1C(N)=O. The van der Waals surface area contributed by atoms with Gasteiger partial charge in [0.05, 0.1) is 11.3 Å². The minimum Gasteiger partial charge on any atom is -0.366 e. The molecular formula is C13H17N3O2. The molecule has 1 aromatic rings. The topological polar surface area (TPSA) is 75.4 Å². The first-order valence-corrected chi connectivity index (χ1v) is 5.52. The van der Waals surface area contributed by atoms with Crippen molar-refractivity contribution in [1.82, 2.24) is 4.90 Å². The third-order valence-electron chi connectivity index (χ3n) is 2.19. The number of nitrogens with zero attached hydrogens (tertiary/aromatic N) is 1. The molecule has 0 aliphatic carbocycles. The Labute approximate surface area is 106 Å². The first kappa shape index (κ1) is 13.9. The Morgan fingerprint density at radius 3 is 2.61 bits per heavy atom. The zero-order chi connectivity index (χ0) is 13.5. The Balaban J connectivity index is 2.70. The van der Waals surface area contributed by atoms with E-state index in [-0.39, 0.29) is 5.91 Å². The van der Waals surface area contributed by atoms with E-state index in [4.69, 9.17) is 5.73 Å². The Kier molecular flexibility index (Phi) is 5.07. The highest BCUT2D eigenvalue weighted by molar-refractivity contribution is 6.05. The number of anilines is 1. The number of hydrogen-bond donors (Lipinski definition) is 2. The maximum absolute atomic E-state index is 11.6. The van der Waals surface area contributed by atoms with Crippen LogP contribution >= 0.6 is 0 Å². The first-order valence-electron chi connectivity index (χ1n) is 5.52. The van der Waals surface area contributed by atoms with Gasteiger partial charge >= 0.3 is 0 Å². The van der Waals surface area contributed by atoms with Crippen molar-refractivity contribution in [2.45, 2.75) is 0 Å². The van der Waals surface area contributed by atoms with Gasteiger partial charge in [0.1, 0.15) is 0 Å². The predicted molar refractivity (Wildman–Crippen MR) is 71.3 cm³/mol. The Morgan fingerprint density at radius 2 is 2.00 bits per heavy atom. The largest absolute Gasteiger partial charge is 0.366 e. The lowest BCUT2D eigenvalue weighted by Crippen LogP contribution is -2.17. The highest BCUT2D eigenvalue weighted by Crippen LogP contribution is 2.13. The minimum absolute atomic E-state index is 0.287. The van der Waals surface area contributed by atoms with E-state index in [0.717, 1.165) is 0 Å². The van der Waals surface area contributed by atoms with Gasteiger partial charge in [-0.1, -0.05) is 18.2 Å². The summed E-state index contributed by atoms with van der Waals surface area (Å²) in [5, 5.41) is 2.62. The van der Waals surface area contributed by atoms with Crippen molar-refractivity contribution in [3.05, 3.63) is 42.0 Å². The van der Waals surface area contributed by atoms with Crippen molar-refractivity contribution >= 4 is 17.5 Å². The van der Waals surface area contributed by atoms with Crippen molar-refractivity contribution in [2.75, 3.05) is 26.0 Å². The van der Waals surface area contributed by atoms with Crippen LogP contribution in [0.2, 0.25) is 0 Å². The molecule has 5 nitrogen and oxygen atoms in total. The highest BCUT2D eigenvalue weighted by atomic mass is 16.2. The lowest BCUT2D eigenvalue weighted by Gasteiger charge is -2.07. The molecule has 0 unspecified atom stereocenters. The molecule has 0 aromatic heterocycles. The van der Waals surface area contributed by atoms with E-state index in [2.05, 4.69) is 5.32 Å². The maximum Gasteiger partial charge on any atom is 0.250 e. The lowest BCUT2D eigenvalue weighted by atomic mass is 10.1. The predicted octanol–water partition coefficient (Wildman–Crippen LogP) is 0.842. The van der Waals surface area contributed by atoms with E-state index in [9.17, 15) is 9.59 Å². The van der Waals surface area contributed by atoms with Crippen molar-refractivity contribution in [3.8, 4) is 0 Å². The van der Waals surface area contributed by atoms with E-state index in [0.29, 0.717) is 17.8 Å². The smallest absolute Gasteiger partial charge is 0.250 e. The van der Waals surface area contributed by atoms with Gasteiger partial charge in [-0.25, -0.2) is 0 Å². The van der Waals surface area contributed by atoms with Gasteiger partial charge in [-0.3, -0.25) is 9.59 Å². The monoisotopic (exact) mass is 247 g/mol. The van der Waals surface area contributed by atoms with Gasteiger partial charge in [-0.05, 0) is 26.2 Å². The molecule has 0 atom stereocenters. The number of benzene rings is 1. The molecular weight excluding hydrogens is 230 g/mol. The van der Waals surface area contributed by atoms with Gasteiger partial charge in [0, 0.05) is 12.6 Å². The normalized spacial score (nSPS) is 10.8. The Bertz CT molecular complexity index is 467. The molecule has 0 aliphatic rings. The summed E-state index contributed by atoms with van der Waals surface area (Å²) in [5.74, 6) is -0.853. The van der Waals surface area contributed by atoms with Crippen LogP contribution < -0.4 is 11.1 Å². The molecule has 0 heterocycles. The van der Waals surface area contributed by atoms with Crippen molar-refractivity contribution < 1.29 is 9.59 Å². The summed E-state index contributed by atoms with van der Waals surface area (Å²) in [5.41, 5.74) is 5.93. The highest BCUT2D eigenvalue weighted by Gasteiger charge is 2.08. The molecule has 1 rings (SSSR count). The zero-order valence-electron chi connectivity index (χ0n) is 10.5. The van der Waals surface area contributed by atoms with E-state index < -0.39 is 5.91 Å². The van der Waals surface area contributed by atoms with Crippen LogP contribution in [-0.2, 0) is 4.79 Å². The molecule has 2 amide bonds. The van der Waals surface area contributed by atoms with Gasteiger partial charge in [-0.2, -0.15) is 0 Å². The summed E-state index contributed by atoms with van der Waals surface area (Å²) in [4.78, 5) is 24.7. The molecule has 0 saturated carbocycles. The van der Waals surface area contributed by atoms with Gasteiger partial charge in [0.2, 0.25) is 5.91 Å². The fraction of sp³-hybridized carbons (Fsp3) is 0.231. The van der Waals surface area contributed by atoms with Crippen molar-refractivity contribution in [2.24, 2.45) is 5.73 Å². The molecule has 0 aliphatic heterocycles. The van der Waals surface area contributed by atoms with Crippen LogP contribution in [-0.4, -0.2) is 37.4 Å². The molecule has 0 radical (unpaired) electrons. The second kappa shape index (κ2) is 6.56. The van der Waals surface area contributed by atoms with Crippen molar-refractivity contribution in [1.29, 1.82) is 0 Å². The second-order valence-electron chi connectivity index (χ2n) is 4.06. The number of primary amides is 1. The number of carbonyl (C=O) groups is 2. The van der Waals surface area contributed by atoms with Crippen LogP contribution in [0.5, 0.6) is 0 Å². The first-order chi connectivity index (χ1) is 8.50. The number of para-hydroxylation sites is 1. The number of rotatable bonds is 5.